The van der Waals surface area contributed by atoms with Crippen LogP contribution in [0.2, 0.25) is 0 Å². The van der Waals surface area contributed by atoms with Crippen LogP contribution < -0.4 is 5.32 Å². The number of allylic oxidation sites excluding steroid dienone is 4. The molecule has 0 amide bonds. The molecular formula is C10H13ClFN. The largest absolute Gasteiger partial charge is 0.319 e. The average molecular weight is 202 g/mol. The van der Waals surface area contributed by atoms with E-state index in [-0.39, 0.29) is 17.1 Å². The smallest absolute Gasteiger partial charge is 0.121 e. The predicted octanol–water partition coefficient (Wildman–Crippen LogP) is 2.41. The highest BCUT2D eigenvalue weighted by molar-refractivity contribution is 6.22. The maximum absolute atomic E-state index is 12.9. The van der Waals surface area contributed by atoms with E-state index in [1.165, 1.54) is 12.2 Å². The molecule has 1 aliphatic carbocycles. The van der Waals surface area contributed by atoms with Gasteiger partial charge in [-0.3, -0.25) is 0 Å². The zero-order valence-electron chi connectivity index (χ0n) is 7.56. The molecule has 0 aliphatic heterocycles. The van der Waals surface area contributed by atoms with Gasteiger partial charge in [-0.2, -0.15) is 0 Å². The molecule has 0 fully saturated rings. The van der Waals surface area contributed by atoms with Crippen LogP contribution in [0.4, 0.5) is 4.39 Å². The molecule has 0 spiro atoms. The van der Waals surface area contributed by atoms with Gasteiger partial charge in [0, 0.05) is 12.5 Å². The molecular weight excluding hydrogens is 189 g/mol. The molecule has 72 valence electrons. The van der Waals surface area contributed by atoms with E-state index in [4.69, 9.17) is 11.6 Å². The van der Waals surface area contributed by atoms with Crippen molar-refractivity contribution in [2.45, 2.75) is 5.38 Å². The molecule has 0 aromatic rings. The minimum atomic E-state index is -0.287. The Kier molecular flexibility index (Phi) is 3.70. The van der Waals surface area contributed by atoms with E-state index >= 15 is 0 Å². The summed E-state index contributed by atoms with van der Waals surface area (Å²) in [5, 5.41) is 2.74. The van der Waals surface area contributed by atoms with Crippen molar-refractivity contribution in [3.05, 3.63) is 36.2 Å². The molecule has 0 heterocycles. The first-order chi connectivity index (χ1) is 6.19. The Bertz CT molecular complexity index is 258. The number of hydrogen-bond donors (Lipinski definition) is 1. The van der Waals surface area contributed by atoms with Gasteiger partial charge in [-0.25, -0.2) is 4.39 Å². The molecule has 3 heteroatoms. The maximum Gasteiger partial charge on any atom is 0.121 e. The second kappa shape index (κ2) is 4.58. The summed E-state index contributed by atoms with van der Waals surface area (Å²) in [4.78, 5) is 0. The Morgan fingerprint density at radius 2 is 2.46 bits per heavy atom. The van der Waals surface area contributed by atoms with E-state index in [2.05, 4.69) is 11.9 Å². The Morgan fingerprint density at radius 3 is 3.00 bits per heavy atom. The van der Waals surface area contributed by atoms with Gasteiger partial charge in [0.1, 0.15) is 5.83 Å². The van der Waals surface area contributed by atoms with Crippen molar-refractivity contribution < 1.29 is 4.39 Å². The molecule has 1 rings (SSSR count). The van der Waals surface area contributed by atoms with Crippen molar-refractivity contribution in [1.82, 2.24) is 5.32 Å². The molecule has 0 saturated carbocycles. The third-order valence-corrected chi connectivity index (χ3v) is 2.53. The topological polar surface area (TPSA) is 12.0 Å². The molecule has 1 aliphatic rings. The summed E-state index contributed by atoms with van der Waals surface area (Å²) < 4.78 is 12.9. The first kappa shape index (κ1) is 10.5. The Labute approximate surface area is 83.0 Å². The van der Waals surface area contributed by atoms with Crippen LogP contribution in [0.5, 0.6) is 0 Å². The average Bonchev–Trinajstić information content (AvgIpc) is 2.09. The number of halogens is 2. The van der Waals surface area contributed by atoms with Crippen molar-refractivity contribution in [3.8, 4) is 0 Å². The second-order valence-electron chi connectivity index (χ2n) is 3.01. The molecule has 0 bridgehead atoms. The number of alkyl halides is 1. The second-order valence-corrected chi connectivity index (χ2v) is 3.51. The van der Waals surface area contributed by atoms with Crippen LogP contribution in [0.3, 0.4) is 0 Å². The molecule has 2 atom stereocenters. The monoisotopic (exact) mass is 201 g/mol. The molecule has 1 nitrogen and oxygen atoms in total. The van der Waals surface area contributed by atoms with Crippen molar-refractivity contribution in [3.63, 3.8) is 0 Å². The lowest BCUT2D eigenvalue weighted by molar-refractivity contribution is 0.559. The summed E-state index contributed by atoms with van der Waals surface area (Å²) in [5.41, 5.74) is 0.856. The van der Waals surface area contributed by atoms with Crippen LogP contribution in [0.1, 0.15) is 0 Å². The summed E-state index contributed by atoms with van der Waals surface area (Å²) in [6, 6.07) is 0. The van der Waals surface area contributed by atoms with Crippen LogP contribution in [0, 0.1) is 5.92 Å². The van der Waals surface area contributed by atoms with Crippen molar-refractivity contribution >= 4 is 11.6 Å². The quantitative estimate of drug-likeness (QED) is 0.692. The molecule has 13 heavy (non-hydrogen) atoms. The fraction of sp³-hybridized carbons (Fsp3) is 0.400. The third kappa shape index (κ3) is 2.42. The lowest BCUT2D eigenvalue weighted by atomic mass is 9.90. The number of nitrogens with one attached hydrogen (secondary N) is 1. The predicted molar refractivity (Wildman–Crippen MR) is 54.5 cm³/mol. The van der Waals surface area contributed by atoms with E-state index in [0.717, 1.165) is 12.1 Å². The fourth-order valence-electron chi connectivity index (χ4n) is 1.43. The van der Waals surface area contributed by atoms with Crippen LogP contribution in [0.15, 0.2) is 36.2 Å². The van der Waals surface area contributed by atoms with Gasteiger partial charge in [0.05, 0.1) is 5.38 Å². The Balaban J connectivity index is 2.84. The van der Waals surface area contributed by atoms with Crippen LogP contribution in [0.25, 0.3) is 0 Å². The van der Waals surface area contributed by atoms with Gasteiger partial charge >= 0.3 is 0 Å². The summed E-state index contributed by atoms with van der Waals surface area (Å²) in [6.07, 6.45) is 4.56. The van der Waals surface area contributed by atoms with E-state index in [1.54, 1.807) is 6.08 Å². The molecule has 2 unspecified atom stereocenters. The lowest BCUT2D eigenvalue weighted by Crippen LogP contribution is -2.28. The third-order valence-electron chi connectivity index (χ3n) is 2.10. The Morgan fingerprint density at radius 1 is 1.77 bits per heavy atom. The van der Waals surface area contributed by atoms with Crippen molar-refractivity contribution in [2.24, 2.45) is 5.92 Å². The highest BCUT2D eigenvalue weighted by Crippen LogP contribution is 2.28. The first-order valence-electron chi connectivity index (χ1n) is 4.19. The minimum absolute atomic E-state index is 0.115. The molecule has 1 N–H and O–H groups in total. The number of hydrogen-bond acceptors (Lipinski definition) is 1. The highest BCUT2D eigenvalue weighted by atomic mass is 35.5. The van der Waals surface area contributed by atoms with Gasteiger partial charge in [-0.1, -0.05) is 12.7 Å². The molecule has 0 aromatic heterocycles. The molecule has 0 radical (unpaired) electrons. The number of rotatable bonds is 3. The van der Waals surface area contributed by atoms with Gasteiger partial charge in [0.25, 0.3) is 0 Å². The minimum Gasteiger partial charge on any atom is -0.319 e. The molecule has 0 aromatic carbocycles. The van der Waals surface area contributed by atoms with Gasteiger partial charge in [-0.05, 0) is 24.8 Å². The molecule has 0 saturated heterocycles. The summed E-state index contributed by atoms with van der Waals surface area (Å²) in [6.45, 7) is 4.37. The summed E-state index contributed by atoms with van der Waals surface area (Å²) in [7, 11) is 1.85. The summed E-state index contributed by atoms with van der Waals surface area (Å²) >= 11 is 5.98. The first-order valence-corrected chi connectivity index (χ1v) is 4.62. The maximum atomic E-state index is 12.9. The van der Waals surface area contributed by atoms with E-state index < -0.39 is 0 Å². The van der Waals surface area contributed by atoms with Gasteiger partial charge in [0.15, 0.2) is 0 Å². The van der Waals surface area contributed by atoms with Crippen LogP contribution >= 0.6 is 11.6 Å². The SMILES string of the molecule is C=CC1=CC(F)=CC(Cl)C1CNC. The fourth-order valence-corrected chi connectivity index (χ4v) is 1.78. The zero-order valence-corrected chi connectivity index (χ0v) is 8.31. The van der Waals surface area contributed by atoms with E-state index in [1.807, 2.05) is 7.05 Å². The summed E-state index contributed by atoms with van der Waals surface area (Å²) in [5.74, 6) is -0.161. The van der Waals surface area contributed by atoms with Crippen molar-refractivity contribution in [2.75, 3.05) is 13.6 Å². The van der Waals surface area contributed by atoms with Crippen molar-refractivity contribution in [1.29, 1.82) is 0 Å². The Hall–Kier alpha value is -0.600. The van der Waals surface area contributed by atoms with Crippen LogP contribution in [-0.4, -0.2) is 19.0 Å². The van der Waals surface area contributed by atoms with Gasteiger partial charge in [0.2, 0.25) is 0 Å². The lowest BCUT2D eigenvalue weighted by Gasteiger charge is -2.24. The normalized spacial score (nSPS) is 27.9. The van der Waals surface area contributed by atoms with Gasteiger partial charge in [-0.15, -0.1) is 11.6 Å². The van der Waals surface area contributed by atoms with E-state index in [0.29, 0.717) is 0 Å². The zero-order chi connectivity index (χ0) is 9.84. The standard InChI is InChI=1S/C10H13ClFN/c1-3-7-4-8(12)5-10(11)9(7)6-13-2/h3-5,9-10,13H,1,6H2,2H3. The van der Waals surface area contributed by atoms with Crippen LogP contribution in [-0.2, 0) is 0 Å². The highest BCUT2D eigenvalue weighted by Gasteiger charge is 2.23. The van der Waals surface area contributed by atoms with Gasteiger partial charge < -0.3 is 5.32 Å². The van der Waals surface area contributed by atoms with E-state index in [9.17, 15) is 4.39 Å².